The first-order valence-electron chi connectivity index (χ1n) is 28.6. The molecule has 0 aliphatic heterocycles. The van der Waals surface area contributed by atoms with Gasteiger partial charge in [0.1, 0.15) is 0 Å². The fraction of sp³-hybridized carbons (Fsp3) is 0.435. The quantitative estimate of drug-likeness (QED) is 0.0685. The Morgan fingerprint density at radius 2 is 0.685 bits per heavy atom. The van der Waals surface area contributed by atoms with Crippen molar-refractivity contribution in [2.45, 2.75) is 124 Å². The zero-order valence-electron chi connectivity index (χ0n) is 46.0. The van der Waals surface area contributed by atoms with Gasteiger partial charge < -0.3 is 21.3 Å². The average Bonchev–Trinajstić information content (AvgIpc) is 1.50. The normalized spacial score (nSPS) is 25.4. The Morgan fingerprint density at radius 1 is 0.371 bits per heavy atom. The molecular formula is C62H48F12N4O11. The van der Waals surface area contributed by atoms with Crippen LogP contribution in [0.3, 0.4) is 0 Å². The highest BCUT2D eigenvalue weighted by molar-refractivity contribution is 6.37. The summed E-state index contributed by atoms with van der Waals surface area (Å²) in [5, 5.41) is 10.6. The summed E-state index contributed by atoms with van der Waals surface area (Å²) in [5.74, 6) is -21.2. The van der Waals surface area contributed by atoms with Crippen LogP contribution < -0.4 is 21.3 Å². The molecule has 8 atom stereocenters. The maximum Gasteiger partial charge on any atom is 0.411 e. The van der Waals surface area contributed by atoms with Gasteiger partial charge in [-0.05, 0) is 110 Å². The summed E-state index contributed by atoms with van der Waals surface area (Å²) in [6.45, 7) is -0.417. The Morgan fingerprint density at radius 3 is 1.06 bits per heavy atom. The number of ketones is 8. The monoisotopic (exact) mass is 1250 g/mol. The van der Waals surface area contributed by atoms with Gasteiger partial charge in [-0.15, -0.1) is 0 Å². The van der Waals surface area contributed by atoms with Crippen molar-refractivity contribution in [1.82, 2.24) is 21.3 Å². The first kappa shape index (κ1) is 61.0. The molecule has 4 N–H and O–H groups in total. The molecule has 4 fully saturated rings. The molecular weight excluding hydrogens is 1200 g/mol. The minimum atomic E-state index is -6.28. The number of hydrogen-bond donors (Lipinski definition) is 4. The van der Waals surface area contributed by atoms with Crippen LogP contribution in [0, 0.1) is 35.5 Å². The minimum absolute atomic E-state index is 0.205. The molecule has 8 aliphatic rings. The molecule has 15 nitrogen and oxygen atoms in total. The first-order valence-corrected chi connectivity index (χ1v) is 28.6. The number of Topliss-reactive ketones (excluding diaryl/α,β-unsaturated/α-hetero) is 8. The fourth-order valence-electron chi connectivity index (χ4n) is 14.3. The predicted octanol–water partition coefficient (Wildman–Crippen LogP) is 8.79. The average molecular weight is 1250 g/mol. The summed E-state index contributed by atoms with van der Waals surface area (Å²) in [6, 6.07) is 3.01. The van der Waals surface area contributed by atoms with E-state index in [9.17, 15) is 52.7 Å². The summed E-state index contributed by atoms with van der Waals surface area (Å²) in [5.41, 5.74) is -21.9. The molecule has 0 saturated heterocycles. The molecule has 0 aromatic heterocycles. The summed E-state index contributed by atoms with van der Waals surface area (Å²) in [7, 11) is 0. The number of alkyl halides is 12. The molecule has 0 heterocycles. The number of carbonyl (C=O) groups is 11. The van der Waals surface area contributed by atoms with Gasteiger partial charge in [0.15, 0.2) is 64.0 Å². The topological polar surface area (TPSA) is 236 Å². The van der Waals surface area contributed by atoms with Gasteiger partial charge in [-0.3, -0.25) is 52.7 Å². The van der Waals surface area contributed by atoms with Crippen LogP contribution in [0.1, 0.15) is 169 Å². The Balaban J connectivity index is 0.702. The number of hydrogen-bond acceptors (Lipinski definition) is 12. The van der Waals surface area contributed by atoms with E-state index in [0.29, 0.717) is 99.5 Å². The van der Waals surface area contributed by atoms with Crippen molar-refractivity contribution in [1.29, 1.82) is 0 Å². The second-order valence-electron chi connectivity index (χ2n) is 24.3. The molecule has 0 spiro atoms. The Labute approximate surface area is 494 Å². The highest BCUT2D eigenvalue weighted by Gasteiger charge is 2.74. The lowest BCUT2D eigenvalue weighted by Crippen LogP contribution is -2.55. The van der Waals surface area contributed by atoms with E-state index >= 15 is 52.7 Å². The molecule has 4 aromatic rings. The highest BCUT2D eigenvalue weighted by Crippen LogP contribution is 2.59. The van der Waals surface area contributed by atoms with Crippen LogP contribution in [0.4, 0.5) is 52.7 Å². The maximum atomic E-state index is 15.4. The SMILES string of the molecule is O=C1c2ccc(C(c3ccc4c(c3)C(=O)C(C(=O)NC3CCCC3)C4=O)(C(F)(F)F)C(F)(F)F)cc2C(=O)C1CNC1CCC(C2CC2NC(=O)C2C(=O)c3ccc(C(c4ccc5c(c4)C(=O)C(C(=O)NC4CC4)C5=O)(C(F)(F)F)C(F)(F)F)cc3C2=O)C1. The van der Waals surface area contributed by atoms with E-state index in [1.807, 2.05) is 0 Å². The number of benzene rings is 4. The second kappa shape index (κ2) is 20.9. The molecule has 89 heavy (non-hydrogen) atoms. The number of fused-ring (bicyclic) bond motifs is 4. The lowest BCUT2D eigenvalue weighted by molar-refractivity contribution is -0.290. The van der Waals surface area contributed by atoms with Crippen LogP contribution in [-0.2, 0) is 25.2 Å². The number of amides is 3. The molecule has 4 aromatic carbocycles. The van der Waals surface area contributed by atoms with Crippen molar-refractivity contribution in [2.24, 2.45) is 35.5 Å². The van der Waals surface area contributed by atoms with Gasteiger partial charge in [0.2, 0.25) is 28.6 Å². The third-order valence-corrected chi connectivity index (χ3v) is 19.1. The third kappa shape index (κ3) is 9.47. The number of halogens is 12. The van der Waals surface area contributed by atoms with Gasteiger partial charge in [-0.2, -0.15) is 52.7 Å². The molecule has 466 valence electrons. The molecule has 0 bridgehead atoms. The van der Waals surface area contributed by atoms with Gasteiger partial charge in [0.05, 0.1) is 5.92 Å². The van der Waals surface area contributed by atoms with Crippen molar-refractivity contribution in [3.63, 3.8) is 0 Å². The van der Waals surface area contributed by atoms with Gasteiger partial charge in [-0.25, -0.2) is 0 Å². The molecule has 3 amide bonds. The smallest absolute Gasteiger partial charge is 0.352 e. The van der Waals surface area contributed by atoms with E-state index in [2.05, 4.69) is 21.3 Å². The van der Waals surface area contributed by atoms with Crippen LogP contribution in [0.2, 0.25) is 0 Å². The highest BCUT2D eigenvalue weighted by atomic mass is 19.4. The zero-order chi connectivity index (χ0) is 64.1. The van der Waals surface area contributed by atoms with E-state index in [1.165, 1.54) is 0 Å². The molecule has 8 aliphatic carbocycles. The summed E-state index contributed by atoms with van der Waals surface area (Å²) >= 11 is 0. The van der Waals surface area contributed by atoms with Gasteiger partial charge in [0, 0.05) is 75.2 Å². The van der Waals surface area contributed by atoms with Crippen LogP contribution in [0.5, 0.6) is 0 Å². The van der Waals surface area contributed by atoms with Crippen LogP contribution in [0.25, 0.3) is 0 Å². The van der Waals surface area contributed by atoms with E-state index in [1.54, 1.807) is 0 Å². The fourth-order valence-corrected chi connectivity index (χ4v) is 14.3. The molecule has 27 heteroatoms. The van der Waals surface area contributed by atoms with Crippen molar-refractivity contribution in [2.75, 3.05) is 6.54 Å². The second-order valence-corrected chi connectivity index (χ2v) is 24.3. The summed E-state index contributed by atoms with van der Waals surface area (Å²) in [6.07, 6.45) is -20.0. The maximum absolute atomic E-state index is 15.4. The third-order valence-electron chi connectivity index (χ3n) is 19.1. The van der Waals surface area contributed by atoms with Crippen LogP contribution in [0.15, 0.2) is 72.8 Å². The summed E-state index contributed by atoms with van der Waals surface area (Å²) < 4.78 is 185. The molecule has 4 saturated carbocycles. The Hall–Kier alpha value is -8.23. The Kier molecular flexibility index (Phi) is 14.4. The largest absolute Gasteiger partial charge is 0.411 e. The van der Waals surface area contributed by atoms with Gasteiger partial charge >= 0.3 is 24.7 Å². The number of nitrogens with one attached hydrogen (secondary N) is 4. The molecule has 0 radical (unpaired) electrons. The Bertz CT molecular complexity index is 3830. The minimum Gasteiger partial charge on any atom is -0.352 e. The lowest BCUT2D eigenvalue weighted by Gasteiger charge is -2.38. The first-order chi connectivity index (χ1) is 41.7. The zero-order valence-corrected chi connectivity index (χ0v) is 46.0. The standard InChI is InChI=1S/C62H48F12N4O11/c63-59(64,65)57(60(66,67)68,26-7-14-33-38(19-26)51(84)43(48(33)81)54(87)76-29-3-1-2-4-29)25-6-13-32-37(18-25)47(80)41(46(32)79)23-75-31-10-5-24(17-31)36-22-42(36)78-56(89)45-50(83)35-16-9-28(21-40(35)53(45)86)58(61(69,70)71,62(72,73)74)27-8-15-34-39(20-27)52(85)44(49(34)82)55(88)77-30-11-12-30/h6-9,13-16,18-21,24,29-31,36,41-45,75H,1-5,10-12,17,22-23H2,(H,76,87)(H,77,88)(H,78,89). The molecule has 8 unspecified atom stereocenters. The van der Waals surface area contributed by atoms with Crippen LogP contribution >= 0.6 is 0 Å². The van der Waals surface area contributed by atoms with E-state index < -0.39 is 209 Å². The van der Waals surface area contributed by atoms with Crippen molar-refractivity contribution < 1.29 is 105 Å². The predicted molar refractivity (Wildman–Crippen MR) is 281 cm³/mol. The lowest BCUT2D eigenvalue weighted by atomic mass is 9.71. The van der Waals surface area contributed by atoms with E-state index in [-0.39, 0.29) is 48.5 Å². The van der Waals surface area contributed by atoms with Crippen molar-refractivity contribution in [3.05, 3.63) is 140 Å². The van der Waals surface area contributed by atoms with Crippen molar-refractivity contribution in [3.8, 4) is 0 Å². The number of carbonyl (C=O) groups excluding carboxylic acids is 11. The summed E-state index contributed by atoms with van der Waals surface area (Å²) in [4.78, 5) is 148. The van der Waals surface area contributed by atoms with Gasteiger partial charge in [-0.1, -0.05) is 61.4 Å². The van der Waals surface area contributed by atoms with Gasteiger partial charge in [0.25, 0.3) is 0 Å². The van der Waals surface area contributed by atoms with E-state index in [4.69, 9.17) is 0 Å². The van der Waals surface area contributed by atoms with Crippen molar-refractivity contribution >= 4 is 64.0 Å². The van der Waals surface area contributed by atoms with E-state index in [0.717, 1.165) is 12.8 Å². The number of rotatable bonds is 14. The molecule has 12 rings (SSSR count). The van der Waals surface area contributed by atoms with Crippen LogP contribution in [-0.4, -0.2) is 119 Å².